The molecular weight excluding hydrogens is 451 g/mol. The molecule has 2 aromatic carbocycles. The predicted octanol–water partition coefficient (Wildman–Crippen LogP) is 5.93. The molecule has 1 unspecified atom stereocenters. The molecule has 0 saturated carbocycles. The molecule has 0 spiro atoms. The molecule has 1 amide bonds. The van der Waals surface area contributed by atoms with Crippen LogP contribution in [0, 0.1) is 11.3 Å². The Balaban J connectivity index is 1.40. The van der Waals surface area contributed by atoms with Gasteiger partial charge >= 0.3 is 0 Å². The van der Waals surface area contributed by atoms with Crippen LogP contribution in [0.15, 0.2) is 78.0 Å². The fourth-order valence-corrected chi connectivity index (χ4v) is 4.25. The van der Waals surface area contributed by atoms with E-state index in [9.17, 15) is 10.1 Å². The number of amides is 1. The van der Waals surface area contributed by atoms with Crippen LogP contribution in [-0.4, -0.2) is 15.3 Å². The summed E-state index contributed by atoms with van der Waals surface area (Å²) in [4.78, 5) is 18.2. The summed E-state index contributed by atoms with van der Waals surface area (Å²) >= 11 is 13.8. The summed E-state index contributed by atoms with van der Waals surface area (Å²) in [5.41, 5.74) is 2.81. The SMILES string of the molecule is N#CC(NC(=O)c1ccc(SCc2cn3ccccc3n2)cc1)c1cccc(Cl)c1Cl. The van der Waals surface area contributed by atoms with Crippen LogP contribution in [0.3, 0.4) is 0 Å². The van der Waals surface area contributed by atoms with Crippen molar-refractivity contribution < 1.29 is 4.79 Å². The zero-order valence-corrected chi connectivity index (χ0v) is 18.5. The smallest absolute Gasteiger partial charge is 0.252 e. The van der Waals surface area contributed by atoms with E-state index in [1.807, 2.05) is 47.1 Å². The second-order valence-electron chi connectivity index (χ2n) is 6.69. The Morgan fingerprint density at radius 1 is 1.13 bits per heavy atom. The first-order valence-corrected chi connectivity index (χ1v) is 11.1. The number of aromatic nitrogens is 2. The summed E-state index contributed by atoms with van der Waals surface area (Å²) in [5.74, 6) is 0.358. The number of fused-ring (bicyclic) bond motifs is 1. The number of pyridine rings is 1. The van der Waals surface area contributed by atoms with Gasteiger partial charge < -0.3 is 9.72 Å². The Hall–Kier alpha value is -2.98. The maximum absolute atomic E-state index is 12.6. The van der Waals surface area contributed by atoms with E-state index in [1.165, 1.54) is 0 Å². The third-order valence-electron chi connectivity index (χ3n) is 4.61. The maximum Gasteiger partial charge on any atom is 0.252 e. The quantitative estimate of drug-likeness (QED) is 0.357. The first kappa shape index (κ1) is 21.3. The molecule has 0 bridgehead atoms. The molecule has 154 valence electrons. The topological polar surface area (TPSA) is 70.2 Å². The molecule has 0 saturated heterocycles. The molecule has 0 aliphatic rings. The van der Waals surface area contributed by atoms with Crippen LogP contribution in [0.4, 0.5) is 0 Å². The molecule has 2 aromatic heterocycles. The maximum atomic E-state index is 12.6. The summed E-state index contributed by atoms with van der Waals surface area (Å²) in [6.45, 7) is 0. The number of thioether (sulfide) groups is 1. The van der Waals surface area contributed by atoms with Gasteiger partial charge in [-0.3, -0.25) is 4.79 Å². The van der Waals surface area contributed by atoms with Crippen LogP contribution in [0.5, 0.6) is 0 Å². The van der Waals surface area contributed by atoms with Gasteiger partial charge in [0.2, 0.25) is 0 Å². The minimum atomic E-state index is -0.900. The largest absolute Gasteiger partial charge is 0.332 e. The van der Waals surface area contributed by atoms with Gasteiger partial charge in [-0.2, -0.15) is 5.26 Å². The van der Waals surface area contributed by atoms with Gasteiger partial charge in [0, 0.05) is 34.2 Å². The molecule has 1 N–H and O–H groups in total. The number of nitrogens with one attached hydrogen (secondary N) is 1. The number of carbonyl (C=O) groups excluding carboxylic acids is 1. The summed E-state index contributed by atoms with van der Waals surface area (Å²) in [7, 11) is 0. The van der Waals surface area contributed by atoms with Crippen molar-refractivity contribution in [3.8, 4) is 6.07 Å². The Morgan fingerprint density at radius 2 is 1.94 bits per heavy atom. The molecule has 5 nitrogen and oxygen atoms in total. The van der Waals surface area contributed by atoms with Gasteiger partial charge in [-0.25, -0.2) is 4.98 Å². The van der Waals surface area contributed by atoms with Crippen LogP contribution >= 0.6 is 35.0 Å². The summed E-state index contributed by atoms with van der Waals surface area (Å²) in [5, 5.41) is 12.8. The fraction of sp³-hybridized carbons (Fsp3) is 0.0870. The highest BCUT2D eigenvalue weighted by molar-refractivity contribution is 7.98. The molecule has 31 heavy (non-hydrogen) atoms. The van der Waals surface area contributed by atoms with Crippen molar-refractivity contribution in [2.45, 2.75) is 16.7 Å². The summed E-state index contributed by atoms with van der Waals surface area (Å²) < 4.78 is 1.99. The van der Waals surface area contributed by atoms with Gasteiger partial charge in [0.1, 0.15) is 11.7 Å². The van der Waals surface area contributed by atoms with Crippen LogP contribution in [0.2, 0.25) is 10.0 Å². The highest BCUT2D eigenvalue weighted by Gasteiger charge is 2.19. The van der Waals surface area contributed by atoms with E-state index in [0.29, 0.717) is 16.1 Å². The highest BCUT2D eigenvalue weighted by Crippen LogP contribution is 2.30. The standard InChI is InChI=1S/C23H16Cl2N4OS/c24-19-5-3-4-18(22(19)25)20(12-26)28-23(30)15-7-9-17(10-8-15)31-14-16-13-29-11-2-1-6-21(29)27-16/h1-11,13,20H,14H2,(H,28,30). The van der Waals surface area contributed by atoms with Crippen molar-refractivity contribution in [3.63, 3.8) is 0 Å². The lowest BCUT2D eigenvalue weighted by atomic mass is 10.1. The number of carbonyl (C=O) groups is 1. The van der Waals surface area contributed by atoms with Crippen molar-refractivity contribution in [2.75, 3.05) is 0 Å². The van der Waals surface area contributed by atoms with Crippen molar-refractivity contribution >= 4 is 46.5 Å². The number of hydrogen-bond donors (Lipinski definition) is 1. The summed E-state index contributed by atoms with van der Waals surface area (Å²) in [6, 6.07) is 19.3. The molecule has 2 heterocycles. The second-order valence-corrected chi connectivity index (χ2v) is 8.52. The monoisotopic (exact) mass is 466 g/mol. The molecular formula is C23H16Cl2N4OS. The van der Waals surface area contributed by atoms with E-state index in [0.717, 1.165) is 22.0 Å². The minimum absolute atomic E-state index is 0.259. The normalized spacial score (nSPS) is 11.8. The fourth-order valence-electron chi connectivity index (χ4n) is 3.05. The zero-order valence-electron chi connectivity index (χ0n) is 16.1. The van der Waals surface area contributed by atoms with E-state index in [-0.39, 0.29) is 10.9 Å². The van der Waals surface area contributed by atoms with Crippen LogP contribution in [0.25, 0.3) is 5.65 Å². The van der Waals surface area contributed by atoms with E-state index in [2.05, 4.69) is 16.4 Å². The lowest BCUT2D eigenvalue weighted by molar-refractivity contribution is 0.0945. The van der Waals surface area contributed by atoms with Gasteiger partial charge in [-0.15, -0.1) is 11.8 Å². The molecule has 0 aliphatic carbocycles. The molecule has 0 fully saturated rings. The molecule has 0 radical (unpaired) electrons. The highest BCUT2D eigenvalue weighted by atomic mass is 35.5. The average Bonchev–Trinajstić information content (AvgIpc) is 3.21. The van der Waals surface area contributed by atoms with Crippen LogP contribution in [0.1, 0.15) is 27.7 Å². The number of rotatable bonds is 6. The first-order chi connectivity index (χ1) is 15.0. The second kappa shape index (κ2) is 9.44. The van der Waals surface area contributed by atoms with E-state index >= 15 is 0 Å². The molecule has 4 aromatic rings. The molecule has 1 atom stereocenters. The van der Waals surface area contributed by atoms with Gasteiger partial charge in [-0.1, -0.05) is 41.4 Å². The van der Waals surface area contributed by atoms with Crippen LogP contribution in [-0.2, 0) is 5.75 Å². The Labute approximate surface area is 193 Å². The zero-order chi connectivity index (χ0) is 21.8. The Kier molecular flexibility index (Phi) is 6.47. The van der Waals surface area contributed by atoms with Gasteiger partial charge in [0.05, 0.1) is 21.8 Å². The number of imidazole rings is 1. The van der Waals surface area contributed by atoms with E-state index in [4.69, 9.17) is 23.2 Å². The van der Waals surface area contributed by atoms with E-state index < -0.39 is 6.04 Å². The molecule has 8 heteroatoms. The Morgan fingerprint density at radius 3 is 2.68 bits per heavy atom. The molecule has 4 rings (SSSR count). The van der Waals surface area contributed by atoms with Crippen LogP contribution < -0.4 is 5.32 Å². The van der Waals surface area contributed by atoms with Crippen molar-refractivity contribution in [1.82, 2.24) is 14.7 Å². The Bertz CT molecular complexity index is 1250. The lowest BCUT2D eigenvalue weighted by Gasteiger charge is -2.14. The number of halogens is 2. The minimum Gasteiger partial charge on any atom is -0.332 e. The van der Waals surface area contributed by atoms with E-state index in [1.54, 1.807) is 42.1 Å². The van der Waals surface area contributed by atoms with Gasteiger partial charge in [0.15, 0.2) is 0 Å². The number of nitriles is 1. The van der Waals surface area contributed by atoms with Gasteiger partial charge in [0.25, 0.3) is 5.91 Å². The third-order valence-corrected chi connectivity index (χ3v) is 6.49. The number of benzene rings is 2. The molecule has 0 aliphatic heterocycles. The first-order valence-electron chi connectivity index (χ1n) is 9.35. The van der Waals surface area contributed by atoms with Crippen molar-refractivity contribution in [3.05, 3.63) is 99.9 Å². The van der Waals surface area contributed by atoms with Gasteiger partial charge in [-0.05, 0) is 42.5 Å². The number of nitrogens with zero attached hydrogens (tertiary/aromatic N) is 3. The predicted molar refractivity (Wildman–Crippen MR) is 123 cm³/mol. The van der Waals surface area contributed by atoms with Crippen molar-refractivity contribution in [1.29, 1.82) is 5.26 Å². The number of hydrogen-bond acceptors (Lipinski definition) is 4. The summed E-state index contributed by atoms with van der Waals surface area (Å²) in [6.07, 6.45) is 3.97. The average molecular weight is 467 g/mol. The van der Waals surface area contributed by atoms with Crippen molar-refractivity contribution in [2.24, 2.45) is 0 Å². The third kappa shape index (κ3) is 4.86. The lowest BCUT2D eigenvalue weighted by Crippen LogP contribution is -2.27.